The van der Waals surface area contributed by atoms with Crippen LogP contribution in [0.2, 0.25) is 0 Å². The molecule has 3 nitrogen and oxygen atoms in total. The predicted octanol–water partition coefficient (Wildman–Crippen LogP) is 6.59. The fourth-order valence-electron chi connectivity index (χ4n) is 4.53. The molecule has 0 aliphatic carbocycles. The van der Waals surface area contributed by atoms with E-state index < -0.39 is 7.37 Å². The van der Waals surface area contributed by atoms with E-state index in [0.717, 1.165) is 43.3 Å². The van der Waals surface area contributed by atoms with E-state index in [4.69, 9.17) is 0 Å². The molecule has 1 atom stereocenters. The first-order chi connectivity index (χ1) is 13.3. The lowest BCUT2D eigenvalue weighted by Crippen LogP contribution is -2.46. The predicted molar refractivity (Wildman–Crippen MR) is 122 cm³/mol. The number of quaternary nitrogens is 1. The summed E-state index contributed by atoms with van der Waals surface area (Å²) in [7, 11) is 1.36. The van der Waals surface area contributed by atoms with Crippen molar-refractivity contribution < 1.29 is 13.9 Å². The highest BCUT2D eigenvalue weighted by atomic mass is 31.2. The van der Waals surface area contributed by atoms with Crippen LogP contribution in [0.4, 0.5) is 0 Å². The molecule has 0 amide bonds. The summed E-state index contributed by atoms with van der Waals surface area (Å²) in [5, 5.41) is 0. The Morgan fingerprint density at radius 2 is 1.14 bits per heavy atom. The molecule has 28 heavy (non-hydrogen) atoms. The van der Waals surface area contributed by atoms with Crippen LogP contribution in [-0.2, 0) is 4.57 Å². The summed E-state index contributed by atoms with van der Waals surface area (Å²) in [4.78, 5) is 12.4. The van der Waals surface area contributed by atoms with Gasteiger partial charge in [-0.3, -0.25) is 0 Å². The molecule has 168 valence electrons. The van der Waals surface area contributed by atoms with Gasteiger partial charge in [-0.2, -0.15) is 0 Å². The molecule has 0 radical (unpaired) electrons. The third-order valence-corrected chi connectivity index (χ3v) is 8.74. The topological polar surface area (TPSA) is 40.1 Å². The molecule has 1 saturated heterocycles. The van der Waals surface area contributed by atoms with Gasteiger partial charge in [0.15, 0.2) is 0 Å². The molecule has 1 heterocycles. The highest BCUT2D eigenvalue weighted by Crippen LogP contribution is 2.41. The van der Waals surface area contributed by atoms with Gasteiger partial charge in [0.25, 0.3) is 0 Å². The zero-order valence-corrected chi connectivity index (χ0v) is 20.3. The Balaban J connectivity index is 1.89. The molecule has 1 aliphatic rings. The number of hydrogen-bond acceptors (Lipinski definition) is 2. The molecule has 0 aromatic carbocycles. The molecular weight excluding hydrogens is 365 g/mol. The van der Waals surface area contributed by atoms with Gasteiger partial charge in [0.2, 0.25) is 0 Å². The number of piperidine rings is 1. The first-order valence-electron chi connectivity index (χ1n) is 12.5. The van der Waals surface area contributed by atoms with Crippen LogP contribution in [0.1, 0.15) is 110 Å². The molecule has 1 rings (SSSR count). The van der Waals surface area contributed by atoms with Crippen molar-refractivity contribution in [3.63, 3.8) is 0 Å². The summed E-state index contributed by atoms with van der Waals surface area (Å²) in [5.74, 6) is 0.418. The van der Waals surface area contributed by atoms with Crippen molar-refractivity contribution in [3.05, 3.63) is 0 Å². The molecule has 0 saturated carbocycles. The third kappa shape index (κ3) is 14.2. The summed E-state index contributed by atoms with van der Waals surface area (Å²) in [6.07, 6.45) is 21.5. The molecule has 4 heteroatoms. The summed E-state index contributed by atoms with van der Waals surface area (Å²) in [6, 6.07) is 0. The summed E-state index contributed by atoms with van der Waals surface area (Å²) in [5.41, 5.74) is 0. The van der Waals surface area contributed by atoms with Gasteiger partial charge in [-0.15, -0.1) is 0 Å². The number of likely N-dealkylation sites (tertiary alicyclic amines) is 1. The molecule has 1 fully saturated rings. The first-order valence-corrected chi connectivity index (χ1v) is 14.5. The third-order valence-electron chi connectivity index (χ3n) is 6.67. The number of rotatable bonds is 17. The second-order valence-corrected chi connectivity index (χ2v) is 12.6. The number of hydrogen-bond donors (Lipinski definition) is 0. The van der Waals surface area contributed by atoms with Gasteiger partial charge in [0.1, 0.15) is 0 Å². The average molecular weight is 416 g/mol. The Kier molecular flexibility index (Phi) is 14.1. The lowest BCUT2D eigenvalue weighted by Gasteiger charge is -2.39. The SMILES string of the molecule is CCCCCCCCCCCCCCCCP(=O)([O-])CC1CC[N+](C)(C)CC1. The average Bonchev–Trinajstić information content (AvgIpc) is 2.63. The Morgan fingerprint density at radius 3 is 1.57 bits per heavy atom. The highest BCUT2D eigenvalue weighted by Gasteiger charge is 2.28. The maximum absolute atomic E-state index is 12.4. The van der Waals surface area contributed by atoms with Gasteiger partial charge in [0, 0.05) is 7.37 Å². The van der Waals surface area contributed by atoms with Crippen LogP contribution < -0.4 is 4.89 Å². The van der Waals surface area contributed by atoms with Crippen molar-refractivity contribution >= 4 is 7.37 Å². The van der Waals surface area contributed by atoms with E-state index in [9.17, 15) is 9.46 Å². The van der Waals surface area contributed by atoms with Gasteiger partial charge in [-0.1, -0.05) is 90.4 Å². The number of unbranched alkanes of at least 4 members (excludes halogenated alkanes) is 13. The monoisotopic (exact) mass is 415 g/mol. The standard InChI is InChI=1S/C24H50NO2P/c1-4-5-6-7-8-9-10-11-12-13-14-15-16-17-22-28(26,27)23-24-18-20-25(2,3)21-19-24/h24H,4-23H2,1-3H3. The molecule has 0 spiro atoms. The second kappa shape index (κ2) is 15.0. The van der Waals surface area contributed by atoms with Gasteiger partial charge in [-0.25, -0.2) is 0 Å². The fourth-order valence-corrected chi connectivity index (χ4v) is 6.57. The maximum Gasteiger partial charge on any atom is 0.0785 e. The van der Waals surface area contributed by atoms with Gasteiger partial charge in [0.05, 0.1) is 27.2 Å². The van der Waals surface area contributed by atoms with Crippen LogP contribution in [-0.4, -0.2) is 44.0 Å². The smallest absolute Gasteiger partial charge is 0.0785 e. The zero-order chi connectivity index (χ0) is 20.7. The van der Waals surface area contributed by atoms with Crippen molar-refractivity contribution in [2.75, 3.05) is 39.5 Å². The van der Waals surface area contributed by atoms with Crippen molar-refractivity contribution in [1.29, 1.82) is 0 Å². The van der Waals surface area contributed by atoms with Gasteiger partial charge in [-0.05, 0) is 37.5 Å². The van der Waals surface area contributed by atoms with E-state index in [2.05, 4.69) is 21.0 Å². The summed E-state index contributed by atoms with van der Waals surface area (Å²) >= 11 is 0. The lowest BCUT2D eigenvalue weighted by molar-refractivity contribution is -0.896. The van der Waals surface area contributed by atoms with E-state index >= 15 is 0 Å². The molecule has 0 aromatic rings. The van der Waals surface area contributed by atoms with E-state index in [0.29, 0.717) is 18.2 Å². The summed E-state index contributed by atoms with van der Waals surface area (Å²) in [6.45, 7) is 4.53. The fraction of sp³-hybridized carbons (Fsp3) is 1.00. The molecule has 1 aliphatic heterocycles. The molecule has 1 unspecified atom stereocenters. The van der Waals surface area contributed by atoms with Crippen LogP contribution in [0.15, 0.2) is 0 Å². The minimum Gasteiger partial charge on any atom is -0.799 e. The minimum atomic E-state index is -3.14. The Labute approximate surface area is 176 Å². The molecule has 0 aromatic heterocycles. The number of nitrogens with zero attached hydrogens (tertiary/aromatic N) is 1. The van der Waals surface area contributed by atoms with E-state index in [1.165, 1.54) is 77.0 Å². The van der Waals surface area contributed by atoms with Gasteiger partial charge < -0.3 is 13.9 Å². The van der Waals surface area contributed by atoms with Crippen molar-refractivity contribution in [2.24, 2.45) is 5.92 Å². The molecule has 0 bridgehead atoms. The van der Waals surface area contributed by atoms with Gasteiger partial charge >= 0.3 is 0 Å². The minimum absolute atomic E-state index is 0.418. The van der Waals surface area contributed by atoms with Crippen LogP contribution in [0.5, 0.6) is 0 Å². The van der Waals surface area contributed by atoms with Crippen LogP contribution in [0.3, 0.4) is 0 Å². The largest absolute Gasteiger partial charge is 0.799 e. The highest BCUT2D eigenvalue weighted by molar-refractivity contribution is 7.56. The Hall–Kier alpha value is 0.150. The zero-order valence-electron chi connectivity index (χ0n) is 19.4. The quantitative estimate of drug-likeness (QED) is 0.153. The van der Waals surface area contributed by atoms with E-state index in [1.807, 2.05) is 0 Å². The normalized spacial score (nSPS) is 19.6. The van der Waals surface area contributed by atoms with Crippen LogP contribution in [0.25, 0.3) is 0 Å². The maximum atomic E-state index is 12.4. The lowest BCUT2D eigenvalue weighted by atomic mass is 9.98. The van der Waals surface area contributed by atoms with E-state index in [1.54, 1.807) is 0 Å². The van der Waals surface area contributed by atoms with Crippen LogP contribution in [0, 0.1) is 5.92 Å². The Bertz CT molecular complexity index is 415. The first kappa shape index (κ1) is 26.2. The second-order valence-electron chi connectivity index (χ2n) is 10.1. The molecular formula is C24H50NO2P. The van der Waals surface area contributed by atoms with Crippen molar-refractivity contribution in [3.8, 4) is 0 Å². The Morgan fingerprint density at radius 1 is 0.750 bits per heavy atom. The van der Waals surface area contributed by atoms with Crippen LogP contribution >= 0.6 is 7.37 Å². The van der Waals surface area contributed by atoms with Crippen molar-refractivity contribution in [2.45, 2.75) is 110 Å². The molecule has 0 N–H and O–H groups in total. The van der Waals surface area contributed by atoms with E-state index in [-0.39, 0.29) is 0 Å². The summed E-state index contributed by atoms with van der Waals surface area (Å²) < 4.78 is 13.5. The van der Waals surface area contributed by atoms with Crippen molar-refractivity contribution in [1.82, 2.24) is 0 Å².